The van der Waals surface area contributed by atoms with Crippen LogP contribution < -0.4 is 0 Å². The molecule has 1 nitrogen and oxygen atoms in total. The molecule has 0 radical (unpaired) electrons. The zero-order chi connectivity index (χ0) is 11.7. The van der Waals surface area contributed by atoms with Gasteiger partial charge >= 0.3 is 0 Å². The molecule has 2 saturated carbocycles. The Labute approximate surface area is 110 Å². The average molecular weight is 264 g/mol. The van der Waals surface area contributed by atoms with Gasteiger partial charge in [-0.15, -0.1) is 0 Å². The Kier molecular flexibility index (Phi) is 3.22. The van der Waals surface area contributed by atoms with E-state index in [2.05, 4.69) is 0 Å². The van der Waals surface area contributed by atoms with Crippen molar-refractivity contribution in [3.05, 3.63) is 35.9 Å². The van der Waals surface area contributed by atoms with Crippen LogP contribution in [0.1, 0.15) is 42.5 Å². The topological polar surface area (TPSA) is 17.1 Å². The lowest BCUT2D eigenvalue weighted by Gasteiger charge is -2.24. The maximum Gasteiger partial charge on any atom is 0.229 e. The van der Waals surface area contributed by atoms with Crippen molar-refractivity contribution in [3.8, 4) is 0 Å². The van der Waals surface area contributed by atoms with Crippen LogP contribution in [0, 0.1) is 5.92 Å². The van der Waals surface area contributed by atoms with Gasteiger partial charge in [0.1, 0.15) is 0 Å². The first kappa shape index (κ1) is 11.7. The van der Waals surface area contributed by atoms with Gasteiger partial charge in [0.15, 0.2) is 0 Å². The predicted octanol–water partition coefficient (Wildman–Crippen LogP) is 4.54. The summed E-state index contributed by atoms with van der Waals surface area (Å²) in [6, 6.07) is 9.61. The van der Waals surface area contributed by atoms with Gasteiger partial charge in [0, 0.05) is 10.3 Å². The van der Waals surface area contributed by atoms with Gasteiger partial charge < -0.3 is 0 Å². The number of carbonyl (C=O) groups excluding carboxylic acids is 1. The summed E-state index contributed by atoms with van der Waals surface area (Å²) in [4.78, 5) is 12.0. The first-order valence-corrected chi connectivity index (χ1v) is 8.37. The van der Waals surface area contributed by atoms with Crippen molar-refractivity contribution in [1.29, 1.82) is 0 Å². The van der Waals surface area contributed by atoms with Crippen LogP contribution in [0.4, 0.5) is 0 Å². The van der Waals surface area contributed by atoms with Crippen LogP contribution in [-0.4, -0.2) is 9.86 Å². The molecule has 1 aromatic rings. The van der Waals surface area contributed by atoms with E-state index < -0.39 is 0 Å². The zero-order valence-corrected chi connectivity index (χ0v) is 11.4. The summed E-state index contributed by atoms with van der Waals surface area (Å²) in [5.41, 5.74) is 0.828. The fourth-order valence-corrected chi connectivity index (χ4v) is 5.95. The van der Waals surface area contributed by atoms with Crippen molar-refractivity contribution < 1.29 is 4.79 Å². The number of rotatable bonds is 3. The van der Waals surface area contributed by atoms with Crippen LogP contribution in [0.15, 0.2) is 30.3 Å². The molecule has 3 heteroatoms. The third-order valence-electron chi connectivity index (χ3n) is 3.98. The molecule has 2 fully saturated rings. The van der Waals surface area contributed by atoms with Gasteiger partial charge in [0.2, 0.25) is 5.12 Å². The average Bonchev–Trinajstić information content (AvgIpc) is 2.98. The molecule has 0 spiro atoms. The van der Waals surface area contributed by atoms with Gasteiger partial charge in [-0.25, -0.2) is 0 Å². The Morgan fingerprint density at radius 3 is 2.47 bits per heavy atom. The lowest BCUT2D eigenvalue weighted by atomic mass is 10.0. The maximum absolute atomic E-state index is 12.0. The normalized spacial score (nSPS) is 30.7. The van der Waals surface area contributed by atoms with Crippen LogP contribution in [0.2, 0.25) is 0 Å². The highest BCUT2D eigenvalue weighted by Crippen LogP contribution is 2.58. The van der Waals surface area contributed by atoms with Gasteiger partial charge in [-0.05, 0) is 48.8 Å². The predicted molar refractivity (Wildman–Crippen MR) is 75.3 cm³/mol. The third kappa shape index (κ3) is 2.41. The smallest absolute Gasteiger partial charge is 0.229 e. The highest BCUT2D eigenvalue weighted by molar-refractivity contribution is 8.82. The molecule has 0 atom stereocenters. The molecule has 0 aliphatic heterocycles. The Bertz CT molecular complexity index is 407. The summed E-state index contributed by atoms with van der Waals surface area (Å²) < 4.78 is 0.430. The van der Waals surface area contributed by atoms with Crippen molar-refractivity contribution in [2.75, 3.05) is 0 Å². The van der Waals surface area contributed by atoms with Gasteiger partial charge in [-0.2, -0.15) is 0 Å². The van der Waals surface area contributed by atoms with E-state index in [1.807, 2.05) is 41.1 Å². The Hall–Kier alpha value is -0.410. The molecule has 2 aliphatic carbocycles. The summed E-state index contributed by atoms with van der Waals surface area (Å²) in [5, 5.41) is 0.209. The SMILES string of the molecule is O=C(SSC12CCC(CC1)C2)c1ccccc1. The molecule has 1 aromatic carbocycles. The molecule has 0 heterocycles. The summed E-state index contributed by atoms with van der Waals surface area (Å²) >= 11 is 0. The van der Waals surface area contributed by atoms with Crippen molar-refractivity contribution in [2.24, 2.45) is 5.92 Å². The number of carbonyl (C=O) groups is 1. The number of fused-ring (bicyclic) bond motifs is 2. The van der Waals surface area contributed by atoms with E-state index in [9.17, 15) is 4.79 Å². The summed E-state index contributed by atoms with van der Waals surface area (Å²) in [7, 11) is 3.30. The maximum atomic E-state index is 12.0. The van der Waals surface area contributed by atoms with E-state index >= 15 is 0 Å². The van der Waals surface area contributed by atoms with Gasteiger partial charge in [-0.1, -0.05) is 41.1 Å². The molecular weight excluding hydrogens is 248 g/mol. The summed E-state index contributed by atoms with van der Waals surface area (Å²) in [6.45, 7) is 0. The second kappa shape index (κ2) is 4.69. The van der Waals surface area contributed by atoms with Crippen LogP contribution in [-0.2, 0) is 0 Å². The molecule has 0 unspecified atom stereocenters. The van der Waals surface area contributed by atoms with Gasteiger partial charge in [0.05, 0.1) is 0 Å². The quantitative estimate of drug-likeness (QED) is 0.746. The minimum atomic E-state index is 0.209. The summed E-state index contributed by atoms with van der Waals surface area (Å²) in [6.07, 6.45) is 6.74. The lowest BCUT2D eigenvalue weighted by molar-refractivity contribution is 0.109. The fourth-order valence-electron chi connectivity index (χ4n) is 3.00. The molecule has 2 aliphatic rings. The van der Waals surface area contributed by atoms with Crippen molar-refractivity contribution in [2.45, 2.75) is 36.9 Å². The van der Waals surface area contributed by atoms with E-state index in [4.69, 9.17) is 0 Å². The molecule has 90 valence electrons. The second-order valence-electron chi connectivity index (χ2n) is 5.15. The Morgan fingerprint density at radius 2 is 1.88 bits per heavy atom. The van der Waals surface area contributed by atoms with Gasteiger partial charge in [0.25, 0.3) is 0 Å². The Morgan fingerprint density at radius 1 is 1.18 bits per heavy atom. The number of hydrogen-bond donors (Lipinski definition) is 0. The van der Waals surface area contributed by atoms with Crippen molar-refractivity contribution >= 4 is 26.7 Å². The lowest BCUT2D eigenvalue weighted by Crippen LogP contribution is -2.15. The van der Waals surface area contributed by atoms with Crippen LogP contribution in [0.25, 0.3) is 0 Å². The third-order valence-corrected chi connectivity index (χ3v) is 7.14. The molecule has 2 bridgehead atoms. The van der Waals surface area contributed by atoms with Crippen molar-refractivity contribution in [3.63, 3.8) is 0 Å². The number of benzene rings is 1. The minimum absolute atomic E-state index is 0.209. The molecule has 0 aromatic heterocycles. The molecular formula is C14H16OS2. The summed E-state index contributed by atoms with van der Waals surface area (Å²) in [5.74, 6) is 0.954. The van der Waals surface area contributed by atoms with E-state index in [0.29, 0.717) is 4.75 Å². The molecule has 0 saturated heterocycles. The zero-order valence-electron chi connectivity index (χ0n) is 9.72. The monoisotopic (exact) mass is 264 g/mol. The van der Waals surface area contributed by atoms with Crippen molar-refractivity contribution in [1.82, 2.24) is 0 Å². The van der Waals surface area contributed by atoms with Gasteiger partial charge in [-0.3, -0.25) is 4.79 Å². The highest BCUT2D eigenvalue weighted by atomic mass is 33.1. The molecule has 3 rings (SSSR count). The first-order valence-electron chi connectivity index (χ1n) is 6.23. The molecule has 17 heavy (non-hydrogen) atoms. The van der Waals surface area contributed by atoms with Crippen LogP contribution >= 0.6 is 21.6 Å². The van der Waals surface area contributed by atoms with Crippen LogP contribution in [0.3, 0.4) is 0 Å². The fraction of sp³-hybridized carbons (Fsp3) is 0.500. The van der Waals surface area contributed by atoms with Crippen LogP contribution in [0.5, 0.6) is 0 Å². The largest absolute Gasteiger partial charge is 0.281 e. The van der Waals surface area contributed by atoms with E-state index in [1.54, 1.807) is 0 Å². The Balaban J connectivity index is 1.60. The van der Waals surface area contributed by atoms with E-state index in [-0.39, 0.29) is 5.12 Å². The molecule has 0 N–H and O–H groups in total. The highest BCUT2D eigenvalue weighted by Gasteiger charge is 2.45. The van der Waals surface area contributed by atoms with E-state index in [0.717, 1.165) is 11.5 Å². The standard InChI is InChI=1S/C14H16OS2/c15-13(12-4-2-1-3-5-12)16-17-14-8-6-11(10-14)7-9-14/h1-5,11H,6-10H2. The first-order chi connectivity index (χ1) is 8.27. The molecule has 0 amide bonds. The second-order valence-corrected chi connectivity index (χ2v) is 7.72. The minimum Gasteiger partial charge on any atom is -0.281 e. The van der Waals surface area contributed by atoms with E-state index in [1.165, 1.54) is 42.9 Å². The number of hydrogen-bond acceptors (Lipinski definition) is 3.